The van der Waals surface area contributed by atoms with E-state index in [9.17, 15) is 13.2 Å². The molecule has 1 aromatic heterocycles. The highest BCUT2D eigenvalue weighted by atomic mass is 19.3. The lowest BCUT2D eigenvalue weighted by Gasteiger charge is -2.16. The maximum absolute atomic E-state index is 13.3. The van der Waals surface area contributed by atoms with Crippen LogP contribution in [0.15, 0.2) is 42.4 Å². The van der Waals surface area contributed by atoms with Crippen LogP contribution in [0.25, 0.3) is 0 Å². The molecule has 1 aromatic carbocycles. The van der Waals surface area contributed by atoms with Crippen LogP contribution in [-0.2, 0) is 0 Å². The van der Waals surface area contributed by atoms with Gasteiger partial charge in [-0.05, 0) is 24.3 Å². The molecule has 2 rings (SSSR count). The second-order valence-corrected chi connectivity index (χ2v) is 4.67. The van der Waals surface area contributed by atoms with Gasteiger partial charge in [0.25, 0.3) is 6.43 Å². The van der Waals surface area contributed by atoms with Crippen LogP contribution in [0.2, 0.25) is 0 Å². The van der Waals surface area contributed by atoms with E-state index >= 15 is 0 Å². The average Bonchev–Trinajstić information content (AvgIpc) is 2.53. The van der Waals surface area contributed by atoms with Crippen LogP contribution >= 0.6 is 0 Å². The topological polar surface area (TPSA) is 116 Å². The Morgan fingerprint density at radius 2 is 2.08 bits per heavy atom. The van der Waals surface area contributed by atoms with E-state index in [4.69, 9.17) is 22.0 Å². The van der Waals surface area contributed by atoms with Gasteiger partial charge in [-0.3, -0.25) is 5.01 Å². The van der Waals surface area contributed by atoms with E-state index in [-0.39, 0.29) is 29.8 Å². The van der Waals surface area contributed by atoms with Gasteiger partial charge in [0.2, 0.25) is 0 Å². The molecular weight excluding hydrogens is 325 g/mol. The predicted octanol–water partition coefficient (Wildman–Crippen LogP) is 1.69. The normalized spacial score (nSPS) is 11.6. The first-order valence-electron chi connectivity index (χ1n) is 6.66. The summed E-state index contributed by atoms with van der Waals surface area (Å²) in [6.45, 7) is -0.111. The molecule has 0 saturated carbocycles. The summed E-state index contributed by atoms with van der Waals surface area (Å²) in [6.07, 6.45) is -0.296. The third-order valence-electron chi connectivity index (χ3n) is 2.84. The monoisotopic (exact) mass is 340 g/mol. The molecule has 6 N–H and O–H groups in total. The van der Waals surface area contributed by atoms with Crippen molar-refractivity contribution in [2.75, 3.05) is 17.3 Å². The lowest BCUT2D eigenvalue weighted by Crippen LogP contribution is -2.27. The number of halogens is 3. The minimum absolute atomic E-state index is 0.0247. The van der Waals surface area contributed by atoms with Gasteiger partial charge in [0.05, 0.1) is 16.9 Å². The molecule has 0 amide bonds. The minimum Gasteiger partial charge on any atom is -0.457 e. The lowest BCUT2D eigenvalue weighted by atomic mass is 10.2. The highest BCUT2D eigenvalue weighted by Crippen LogP contribution is 2.26. The Morgan fingerprint density at radius 1 is 1.33 bits per heavy atom. The number of rotatable bonds is 6. The minimum atomic E-state index is -2.95. The number of nitrogens with zero attached hydrogens (tertiary/aromatic N) is 3. The van der Waals surface area contributed by atoms with Crippen molar-refractivity contribution in [2.45, 2.75) is 6.43 Å². The molecule has 0 aliphatic heterocycles. The maximum atomic E-state index is 13.3. The van der Waals surface area contributed by atoms with Crippen molar-refractivity contribution in [3.05, 3.63) is 53.7 Å². The molecule has 0 spiro atoms. The Labute approximate surface area is 135 Å². The zero-order valence-corrected chi connectivity index (χ0v) is 12.4. The Kier molecular flexibility index (Phi) is 5.42. The van der Waals surface area contributed by atoms with Crippen molar-refractivity contribution in [3.63, 3.8) is 0 Å². The predicted molar refractivity (Wildman–Crippen MR) is 82.2 cm³/mol. The molecule has 10 heteroatoms. The van der Waals surface area contributed by atoms with Gasteiger partial charge in [0.15, 0.2) is 0 Å². The Balaban J connectivity index is 2.05. The van der Waals surface area contributed by atoms with E-state index in [0.29, 0.717) is 0 Å². The molecule has 1 heterocycles. The number of nitrogen functional groups attached to an aromatic ring is 1. The zero-order chi connectivity index (χ0) is 17.7. The molecule has 2 aromatic rings. The van der Waals surface area contributed by atoms with Gasteiger partial charge >= 0.3 is 6.01 Å². The van der Waals surface area contributed by atoms with E-state index in [0.717, 1.165) is 17.1 Å². The largest absolute Gasteiger partial charge is 0.457 e. The summed E-state index contributed by atoms with van der Waals surface area (Å²) in [4.78, 5) is 7.64. The van der Waals surface area contributed by atoms with Gasteiger partial charge in [-0.1, -0.05) is 0 Å². The van der Waals surface area contributed by atoms with E-state index in [1.165, 1.54) is 24.5 Å². The molecule has 0 saturated heterocycles. The molecule has 0 fully saturated rings. The van der Waals surface area contributed by atoms with Crippen molar-refractivity contribution >= 4 is 11.5 Å². The first-order valence-corrected chi connectivity index (χ1v) is 6.66. The van der Waals surface area contributed by atoms with Crippen LogP contribution in [0.1, 0.15) is 12.0 Å². The summed E-state index contributed by atoms with van der Waals surface area (Å²) in [7, 11) is 0. The number of hydrazine groups is 1. The summed E-state index contributed by atoms with van der Waals surface area (Å²) in [6, 6.07) is 4.59. The fraction of sp³-hybridized carbons (Fsp3) is 0.143. The van der Waals surface area contributed by atoms with Crippen molar-refractivity contribution in [1.82, 2.24) is 9.97 Å². The van der Waals surface area contributed by atoms with Gasteiger partial charge < -0.3 is 16.2 Å². The van der Waals surface area contributed by atoms with Crippen molar-refractivity contribution in [2.24, 2.45) is 11.6 Å². The quantitative estimate of drug-likeness (QED) is 0.541. The number of alkyl halides is 2. The SMILES string of the molecule is N/C(=C\N(N)c1ccc(F)c(C(F)F)c1)COc1nccc(N)n1. The van der Waals surface area contributed by atoms with Gasteiger partial charge in [0, 0.05) is 12.4 Å². The molecule has 128 valence electrons. The third kappa shape index (κ3) is 4.49. The number of anilines is 2. The van der Waals surface area contributed by atoms with Crippen LogP contribution in [0.5, 0.6) is 6.01 Å². The molecule has 0 bridgehead atoms. The third-order valence-corrected chi connectivity index (χ3v) is 2.84. The Hall–Kier alpha value is -3.01. The molecule has 7 nitrogen and oxygen atoms in total. The zero-order valence-electron chi connectivity index (χ0n) is 12.4. The standard InChI is InChI=1S/C14H15F3N6O/c15-11-2-1-9(5-10(11)13(16)17)23(20)6-8(18)7-24-14-21-4-3-12(19)22-14/h1-6,13H,7,18,20H2,(H2,19,21,22)/b8-6-. The van der Waals surface area contributed by atoms with Gasteiger partial charge in [0.1, 0.15) is 18.2 Å². The number of nitrogens with two attached hydrogens (primary N) is 3. The van der Waals surface area contributed by atoms with Gasteiger partial charge in [-0.15, -0.1) is 0 Å². The summed E-state index contributed by atoms with van der Waals surface area (Å²) in [5.41, 5.74) is 10.7. The molecule has 24 heavy (non-hydrogen) atoms. The lowest BCUT2D eigenvalue weighted by molar-refractivity contribution is 0.146. The number of hydrogen-bond donors (Lipinski definition) is 3. The molecule has 0 aliphatic carbocycles. The highest BCUT2D eigenvalue weighted by Gasteiger charge is 2.15. The molecule has 0 atom stereocenters. The summed E-state index contributed by atoms with van der Waals surface area (Å²) in [5, 5.41) is 0.976. The molecular formula is C14H15F3N6O. The van der Waals surface area contributed by atoms with Crippen LogP contribution < -0.4 is 27.1 Å². The van der Waals surface area contributed by atoms with Gasteiger partial charge in [-0.25, -0.2) is 24.0 Å². The second kappa shape index (κ2) is 7.51. The number of benzene rings is 1. The first-order chi connectivity index (χ1) is 11.4. The van der Waals surface area contributed by atoms with E-state index in [1.54, 1.807) is 0 Å². The number of aromatic nitrogens is 2. The fourth-order valence-electron chi connectivity index (χ4n) is 1.72. The Morgan fingerprint density at radius 3 is 2.75 bits per heavy atom. The van der Waals surface area contributed by atoms with Crippen LogP contribution in [-0.4, -0.2) is 16.6 Å². The van der Waals surface area contributed by atoms with Crippen LogP contribution in [0.4, 0.5) is 24.7 Å². The van der Waals surface area contributed by atoms with Crippen molar-refractivity contribution in [1.29, 1.82) is 0 Å². The van der Waals surface area contributed by atoms with Gasteiger partial charge in [-0.2, -0.15) is 4.98 Å². The smallest absolute Gasteiger partial charge is 0.318 e. The molecule has 0 aliphatic rings. The summed E-state index contributed by atoms with van der Waals surface area (Å²) < 4.78 is 43.9. The highest BCUT2D eigenvalue weighted by molar-refractivity contribution is 5.50. The average molecular weight is 340 g/mol. The maximum Gasteiger partial charge on any atom is 0.318 e. The fourth-order valence-corrected chi connectivity index (χ4v) is 1.72. The second-order valence-electron chi connectivity index (χ2n) is 4.67. The number of hydrogen-bond acceptors (Lipinski definition) is 7. The van der Waals surface area contributed by atoms with E-state index < -0.39 is 17.8 Å². The van der Waals surface area contributed by atoms with E-state index in [1.807, 2.05) is 0 Å². The van der Waals surface area contributed by atoms with Crippen molar-refractivity contribution < 1.29 is 17.9 Å². The first kappa shape index (κ1) is 17.3. The molecule has 0 unspecified atom stereocenters. The Bertz CT molecular complexity index is 740. The molecule has 0 radical (unpaired) electrons. The van der Waals surface area contributed by atoms with Crippen LogP contribution in [0.3, 0.4) is 0 Å². The van der Waals surface area contributed by atoms with Crippen LogP contribution in [0, 0.1) is 5.82 Å². The van der Waals surface area contributed by atoms with E-state index in [2.05, 4.69) is 9.97 Å². The van der Waals surface area contributed by atoms with Crippen molar-refractivity contribution in [3.8, 4) is 6.01 Å². The summed E-state index contributed by atoms with van der Waals surface area (Å²) in [5.74, 6) is 4.93. The number of ether oxygens (including phenoxy) is 1. The summed E-state index contributed by atoms with van der Waals surface area (Å²) >= 11 is 0.